The van der Waals surface area contributed by atoms with E-state index < -0.39 is 17.5 Å². The summed E-state index contributed by atoms with van der Waals surface area (Å²) < 4.78 is 21.5. The Kier molecular flexibility index (Phi) is 5.06. The van der Waals surface area contributed by atoms with E-state index in [1.165, 1.54) is 10.6 Å². The minimum absolute atomic E-state index is 0.00840. The van der Waals surface area contributed by atoms with Crippen molar-refractivity contribution in [1.29, 1.82) is 0 Å². The first-order valence-corrected chi connectivity index (χ1v) is 10.2. The number of piperidine rings is 1. The number of carbonyl (C=O) groups excluding carboxylic acids is 1. The SMILES string of the molecule is CC(C)(C)NC(=O)OC1CCN(CC2(O)Cn3c(=O)ccc4ncc(F)c2c43)CC1. The number of aromatic nitrogens is 2. The van der Waals surface area contributed by atoms with Gasteiger partial charge in [-0.05, 0) is 39.7 Å². The van der Waals surface area contributed by atoms with E-state index >= 15 is 0 Å². The molecule has 0 aliphatic carbocycles. The molecule has 1 unspecified atom stereocenters. The van der Waals surface area contributed by atoms with Crippen molar-refractivity contribution in [2.75, 3.05) is 19.6 Å². The van der Waals surface area contributed by atoms with Crippen LogP contribution in [0.15, 0.2) is 23.1 Å². The molecule has 1 fully saturated rings. The highest BCUT2D eigenvalue weighted by Gasteiger charge is 2.43. The second kappa shape index (κ2) is 7.31. The lowest BCUT2D eigenvalue weighted by Crippen LogP contribution is -2.48. The standard InChI is InChI=1S/C21H27FN4O4/c1-20(2,3)24-19(28)30-13-6-8-25(9-7-13)11-21(29)12-26-16(27)5-4-15-18(26)17(21)14(22)10-23-15/h4-5,10,13,29H,6-9,11-12H2,1-3H3,(H,24,28). The summed E-state index contributed by atoms with van der Waals surface area (Å²) in [7, 11) is 0. The van der Waals surface area contributed by atoms with Crippen LogP contribution in [0.25, 0.3) is 11.0 Å². The molecular formula is C21H27FN4O4. The lowest BCUT2D eigenvalue weighted by Gasteiger charge is -2.36. The maximum absolute atomic E-state index is 14.7. The second-order valence-electron chi connectivity index (χ2n) is 9.26. The Labute approximate surface area is 173 Å². The summed E-state index contributed by atoms with van der Waals surface area (Å²) in [4.78, 5) is 30.3. The smallest absolute Gasteiger partial charge is 0.407 e. The zero-order valence-electron chi connectivity index (χ0n) is 17.4. The molecular weight excluding hydrogens is 391 g/mol. The molecule has 2 aromatic heterocycles. The fraction of sp³-hybridized carbons (Fsp3) is 0.571. The van der Waals surface area contributed by atoms with Crippen molar-refractivity contribution >= 4 is 17.1 Å². The number of hydrogen-bond donors (Lipinski definition) is 2. The molecule has 0 radical (unpaired) electrons. The topological polar surface area (TPSA) is 96.7 Å². The molecule has 2 aromatic rings. The number of pyridine rings is 2. The number of ether oxygens (including phenoxy) is 1. The molecule has 2 N–H and O–H groups in total. The van der Waals surface area contributed by atoms with Crippen LogP contribution in [-0.2, 0) is 16.9 Å². The molecule has 1 saturated heterocycles. The molecule has 30 heavy (non-hydrogen) atoms. The Morgan fingerprint density at radius 2 is 2.07 bits per heavy atom. The summed E-state index contributed by atoms with van der Waals surface area (Å²) in [6.07, 6.45) is 1.69. The summed E-state index contributed by atoms with van der Waals surface area (Å²) in [6.45, 7) is 7.03. The number of alkyl carbamates (subject to hydrolysis) is 1. The molecule has 4 heterocycles. The van der Waals surface area contributed by atoms with Gasteiger partial charge in [0.1, 0.15) is 17.5 Å². The third-order valence-electron chi connectivity index (χ3n) is 5.61. The maximum Gasteiger partial charge on any atom is 0.407 e. The van der Waals surface area contributed by atoms with E-state index in [2.05, 4.69) is 10.3 Å². The van der Waals surface area contributed by atoms with Crippen LogP contribution in [-0.4, -0.2) is 56.9 Å². The van der Waals surface area contributed by atoms with E-state index in [1.54, 1.807) is 6.07 Å². The molecule has 0 aromatic carbocycles. The number of halogens is 1. The number of hydrogen-bond acceptors (Lipinski definition) is 6. The molecule has 1 amide bonds. The van der Waals surface area contributed by atoms with Gasteiger partial charge in [-0.15, -0.1) is 0 Å². The number of rotatable bonds is 3. The number of amides is 1. The van der Waals surface area contributed by atoms with Crippen LogP contribution in [0.1, 0.15) is 39.2 Å². The molecule has 2 aliphatic rings. The molecule has 0 bridgehead atoms. The number of carbonyl (C=O) groups is 1. The van der Waals surface area contributed by atoms with Crippen molar-refractivity contribution in [2.24, 2.45) is 0 Å². The largest absolute Gasteiger partial charge is 0.446 e. The van der Waals surface area contributed by atoms with Gasteiger partial charge in [0.05, 0.1) is 29.3 Å². The minimum atomic E-state index is -1.52. The zero-order chi connectivity index (χ0) is 21.7. The van der Waals surface area contributed by atoms with Gasteiger partial charge in [0.25, 0.3) is 5.56 Å². The number of nitrogens with one attached hydrogen (secondary N) is 1. The molecule has 4 rings (SSSR count). The Morgan fingerprint density at radius 3 is 2.73 bits per heavy atom. The molecule has 1 atom stereocenters. The number of β-amino-alcohol motifs (C(OH)–C–C–N with tert-alkyl or cyclic N) is 1. The van der Waals surface area contributed by atoms with Crippen LogP contribution >= 0.6 is 0 Å². The van der Waals surface area contributed by atoms with Gasteiger partial charge in [-0.3, -0.25) is 14.7 Å². The fourth-order valence-electron chi connectivity index (χ4n) is 4.35. The summed E-state index contributed by atoms with van der Waals surface area (Å²) in [5, 5.41) is 14.1. The molecule has 162 valence electrons. The van der Waals surface area contributed by atoms with Crippen LogP contribution < -0.4 is 10.9 Å². The van der Waals surface area contributed by atoms with Gasteiger partial charge in [0.15, 0.2) is 0 Å². The van der Waals surface area contributed by atoms with E-state index in [0.29, 0.717) is 37.0 Å². The van der Waals surface area contributed by atoms with E-state index in [4.69, 9.17) is 4.74 Å². The maximum atomic E-state index is 14.7. The highest BCUT2D eigenvalue weighted by molar-refractivity contribution is 5.81. The van der Waals surface area contributed by atoms with Gasteiger partial charge in [-0.2, -0.15) is 0 Å². The van der Waals surface area contributed by atoms with E-state index in [1.807, 2.05) is 25.7 Å². The van der Waals surface area contributed by atoms with Crippen LogP contribution in [0.4, 0.5) is 9.18 Å². The summed E-state index contributed by atoms with van der Waals surface area (Å²) in [5.41, 5.74) is -1.19. The Hall–Kier alpha value is -2.52. The number of likely N-dealkylation sites (tertiary alicyclic amines) is 1. The number of nitrogens with zero attached hydrogens (tertiary/aromatic N) is 3. The second-order valence-corrected chi connectivity index (χ2v) is 9.26. The average molecular weight is 418 g/mol. The van der Waals surface area contributed by atoms with Crippen LogP contribution in [0.2, 0.25) is 0 Å². The van der Waals surface area contributed by atoms with Gasteiger partial charge in [-0.25, -0.2) is 9.18 Å². The van der Waals surface area contributed by atoms with Gasteiger partial charge < -0.3 is 19.7 Å². The van der Waals surface area contributed by atoms with E-state index in [9.17, 15) is 19.1 Å². The molecule has 0 spiro atoms. The van der Waals surface area contributed by atoms with Crippen LogP contribution in [0.5, 0.6) is 0 Å². The first kappa shape index (κ1) is 20.7. The van der Waals surface area contributed by atoms with Crippen molar-refractivity contribution < 1.29 is 19.0 Å². The van der Waals surface area contributed by atoms with Crippen LogP contribution in [0, 0.1) is 5.82 Å². The first-order valence-electron chi connectivity index (χ1n) is 10.2. The van der Waals surface area contributed by atoms with E-state index in [0.717, 1.165) is 6.20 Å². The fourth-order valence-corrected chi connectivity index (χ4v) is 4.35. The van der Waals surface area contributed by atoms with E-state index in [-0.39, 0.29) is 35.9 Å². The highest BCUT2D eigenvalue weighted by Crippen LogP contribution is 2.38. The summed E-state index contributed by atoms with van der Waals surface area (Å²) >= 11 is 0. The summed E-state index contributed by atoms with van der Waals surface area (Å²) in [6, 6.07) is 2.93. The predicted molar refractivity (Wildman–Crippen MR) is 109 cm³/mol. The highest BCUT2D eigenvalue weighted by atomic mass is 19.1. The minimum Gasteiger partial charge on any atom is -0.446 e. The molecule has 9 heteroatoms. The van der Waals surface area contributed by atoms with Crippen molar-refractivity contribution in [2.45, 2.75) is 57.4 Å². The van der Waals surface area contributed by atoms with Gasteiger partial charge in [-0.1, -0.05) is 0 Å². The summed E-state index contributed by atoms with van der Waals surface area (Å²) in [5.74, 6) is -0.612. The lowest BCUT2D eigenvalue weighted by molar-refractivity contribution is -0.0278. The molecule has 2 aliphatic heterocycles. The van der Waals surface area contributed by atoms with Gasteiger partial charge in [0, 0.05) is 31.2 Å². The van der Waals surface area contributed by atoms with Crippen molar-refractivity contribution in [3.05, 3.63) is 40.1 Å². The average Bonchev–Trinajstić information content (AvgIpc) is 2.95. The third kappa shape index (κ3) is 3.91. The number of aliphatic hydroxyl groups is 1. The van der Waals surface area contributed by atoms with Crippen molar-refractivity contribution in [1.82, 2.24) is 19.8 Å². The Bertz CT molecular complexity index is 1040. The lowest BCUT2D eigenvalue weighted by atomic mass is 9.94. The monoisotopic (exact) mass is 418 g/mol. The quantitative estimate of drug-likeness (QED) is 0.788. The Balaban J connectivity index is 1.45. The first-order chi connectivity index (χ1) is 14.1. The Morgan fingerprint density at radius 1 is 1.37 bits per heavy atom. The molecule has 0 saturated carbocycles. The predicted octanol–water partition coefficient (Wildman–Crippen LogP) is 1.73. The van der Waals surface area contributed by atoms with Crippen LogP contribution in [0.3, 0.4) is 0 Å². The molecule has 8 nitrogen and oxygen atoms in total. The van der Waals surface area contributed by atoms with Crippen molar-refractivity contribution in [3.63, 3.8) is 0 Å². The zero-order valence-corrected chi connectivity index (χ0v) is 17.4. The normalized spacial score (nSPS) is 22.4. The van der Waals surface area contributed by atoms with Gasteiger partial charge >= 0.3 is 6.09 Å². The van der Waals surface area contributed by atoms with Gasteiger partial charge in [0.2, 0.25) is 0 Å². The third-order valence-corrected chi connectivity index (χ3v) is 5.61. The van der Waals surface area contributed by atoms with Crippen molar-refractivity contribution in [3.8, 4) is 0 Å².